The van der Waals surface area contributed by atoms with E-state index in [2.05, 4.69) is 46.1 Å². The number of hydrogen-bond donors (Lipinski definition) is 1. The third kappa shape index (κ3) is 2.59. The average molecular weight is 268 g/mol. The number of nitrogens with two attached hydrogens (primary N) is 1. The van der Waals surface area contributed by atoms with Gasteiger partial charge in [0.05, 0.1) is 0 Å². The minimum atomic E-state index is 0.508. The van der Waals surface area contributed by atoms with Crippen molar-refractivity contribution in [1.82, 2.24) is 9.97 Å². The van der Waals surface area contributed by atoms with Crippen LogP contribution in [0.5, 0.6) is 0 Å². The van der Waals surface area contributed by atoms with Crippen LogP contribution in [0.3, 0.4) is 0 Å². The van der Waals surface area contributed by atoms with Crippen LogP contribution in [0.15, 0.2) is 30.3 Å². The fourth-order valence-electron chi connectivity index (χ4n) is 2.25. The van der Waals surface area contributed by atoms with Gasteiger partial charge in [0.15, 0.2) is 0 Å². The highest BCUT2D eigenvalue weighted by molar-refractivity contribution is 5.61. The van der Waals surface area contributed by atoms with E-state index in [9.17, 15) is 0 Å². The van der Waals surface area contributed by atoms with Crippen molar-refractivity contribution in [2.75, 3.05) is 17.7 Å². The van der Waals surface area contributed by atoms with Gasteiger partial charge in [0, 0.05) is 24.7 Å². The molecule has 2 aromatic rings. The first-order valence-corrected chi connectivity index (χ1v) is 7.14. The molecule has 1 saturated carbocycles. The second kappa shape index (κ2) is 5.12. The molecule has 0 radical (unpaired) electrons. The van der Waals surface area contributed by atoms with E-state index >= 15 is 0 Å². The Kier molecular flexibility index (Phi) is 3.30. The Labute approximate surface area is 119 Å². The summed E-state index contributed by atoms with van der Waals surface area (Å²) in [4.78, 5) is 11.0. The van der Waals surface area contributed by atoms with Crippen LogP contribution in [-0.4, -0.2) is 17.0 Å². The molecule has 0 amide bonds. The van der Waals surface area contributed by atoms with Crippen LogP contribution in [0.25, 0.3) is 0 Å². The van der Waals surface area contributed by atoms with Gasteiger partial charge in [-0.25, -0.2) is 9.97 Å². The van der Waals surface area contributed by atoms with E-state index < -0.39 is 0 Å². The lowest BCUT2D eigenvalue weighted by atomic mass is 10.1. The predicted octanol–water partition coefficient (Wildman–Crippen LogP) is 3.27. The van der Waals surface area contributed by atoms with Gasteiger partial charge in [0.2, 0.25) is 0 Å². The first-order chi connectivity index (χ1) is 9.67. The molecule has 1 aromatic heterocycles. The summed E-state index contributed by atoms with van der Waals surface area (Å²) in [6.45, 7) is 2.16. The maximum absolute atomic E-state index is 5.91. The maximum atomic E-state index is 5.91. The lowest BCUT2D eigenvalue weighted by Gasteiger charge is -2.19. The topological polar surface area (TPSA) is 55.0 Å². The Balaban J connectivity index is 1.90. The molecule has 1 aliphatic rings. The zero-order valence-corrected chi connectivity index (χ0v) is 12.0. The van der Waals surface area contributed by atoms with Gasteiger partial charge in [0.25, 0.3) is 0 Å². The molecule has 1 aliphatic carbocycles. The van der Waals surface area contributed by atoms with Crippen LogP contribution in [0.4, 0.5) is 17.3 Å². The molecule has 3 rings (SSSR count). The van der Waals surface area contributed by atoms with Crippen LogP contribution in [0.2, 0.25) is 0 Å². The zero-order chi connectivity index (χ0) is 14.1. The maximum Gasteiger partial charge on any atom is 0.138 e. The average Bonchev–Trinajstić information content (AvgIpc) is 3.30. The van der Waals surface area contributed by atoms with E-state index in [1.165, 1.54) is 18.4 Å². The van der Waals surface area contributed by atoms with Gasteiger partial charge in [0.1, 0.15) is 17.5 Å². The standard InChI is InChI=1S/C16H20N4/c1-3-11-4-8-13(9-5-11)20(2)15-10-14(17)18-16(19-15)12-6-7-12/h4-5,8-10,12H,3,6-7H2,1-2H3,(H2,17,18,19). The largest absolute Gasteiger partial charge is 0.384 e. The summed E-state index contributed by atoms with van der Waals surface area (Å²) in [5.74, 6) is 2.81. The van der Waals surface area contributed by atoms with E-state index in [1.54, 1.807) is 0 Å². The van der Waals surface area contributed by atoms with Crippen molar-refractivity contribution in [2.24, 2.45) is 0 Å². The predicted molar refractivity (Wildman–Crippen MR) is 82.3 cm³/mol. The lowest BCUT2D eigenvalue weighted by molar-refractivity contribution is 0.919. The highest BCUT2D eigenvalue weighted by Gasteiger charge is 2.27. The molecule has 104 valence electrons. The number of benzene rings is 1. The molecule has 1 fully saturated rings. The highest BCUT2D eigenvalue weighted by Crippen LogP contribution is 2.39. The van der Waals surface area contributed by atoms with E-state index in [4.69, 9.17) is 5.73 Å². The Morgan fingerprint density at radius 1 is 1.20 bits per heavy atom. The van der Waals surface area contributed by atoms with Crippen LogP contribution in [0, 0.1) is 0 Å². The molecule has 4 nitrogen and oxygen atoms in total. The number of aromatic nitrogens is 2. The summed E-state index contributed by atoms with van der Waals surface area (Å²) < 4.78 is 0. The van der Waals surface area contributed by atoms with Crippen molar-refractivity contribution in [1.29, 1.82) is 0 Å². The number of hydrogen-bond acceptors (Lipinski definition) is 4. The fraction of sp³-hybridized carbons (Fsp3) is 0.375. The van der Waals surface area contributed by atoms with Crippen LogP contribution in [-0.2, 0) is 6.42 Å². The minimum absolute atomic E-state index is 0.508. The number of rotatable bonds is 4. The molecule has 1 heterocycles. The first kappa shape index (κ1) is 12.9. The fourth-order valence-corrected chi connectivity index (χ4v) is 2.25. The summed E-state index contributed by atoms with van der Waals surface area (Å²) in [5.41, 5.74) is 8.36. The number of aryl methyl sites for hydroxylation is 1. The molecular formula is C16H20N4. The third-order valence-electron chi connectivity index (χ3n) is 3.77. The molecule has 2 N–H and O–H groups in total. The molecule has 4 heteroatoms. The van der Waals surface area contributed by atoms with E-state index in [-0.39, 0.29) is 0 Å². The van der Waals surface area contributed by atoms with Crippen molar-refractivity contribution < 1.29 is 0 Å². The summed E-state index contributed by atoms with van der Waals surface area (Å²) >= 11 is 0. The Morgan fingerprint density at radius 3 is 2.50 bits per heavy atom. The van der Waals surface area contributed by atoms with Crippen molar-refractivity contribution in [3.05, 3.63) is 41.7 Å². The van der Waals surface area contributed by atoms with E-state index in [1.807, 2.05) is 13.1 Å². The van der Waals surface area contributed by atoms with Gasteiger partial charge in [-0.2, -0.15) is 0 Å². The summed E-state index contributed by atoms with van der Waals surface area (Å²) in [7, 11) is 2.01. The third-order valence-corrected chi connectivity index (χ3v) is 3.77. The number of nitrogen functional groups attached to an aromatic ring is 1. The van der Waals surface area contributed by atoms with Gasteiger partial charge < -0.3 is 10.6 Å². The first-order valence-electron chi connectivity index (χ1n) is 7.14. The zero-order valence-electron chi connectivity index (χ0n) is 12.0. The Hall–Kier alpha value is -2.10. The Morgan fingerprint density at radius 2 is 1.90 bits per heavy atom. The summed E-state index contributed by atoms with van der Waals surface area (Å²) in [6, 6.07) is 10.4. The molecule has 0 bridgehead atoms. The smallest absolute Gasteiger partial charge is 0.138 e. The molecule has 0 aliphatic heterocycles. The lowest BCUT2D eigenvalue weighted by Crippen LogP contribution is -2.13. The van der Waals surface area contributed by atoms with Crippen LogP contribution >= 0.6 is 0 Å². The molecule has 0 atom stereocenters. The number of nitrogens with zero attached hydrogens (tertiary/aromatic N) is 3. The molecule has 1 aromatic carbocycles. The van der Waals surface area contributed by atoms with Crippen molar-refractivity contribution >= 4 is 17.3 Å². The number of anilines is 3. The Bertz CT molecular complexity index is 602. The highest BCUT2D eigenvalue weighted by atomic mass is 15.2. The van der Waals surface area contributed by atoms with E-state index in [0.29, 0.717) is 11.7 Å². The van der Waals surface area contributed by atoms with Crippen LogP contribution < -0.4 is 10.6 Å². The van der Waals surface area contributed by atoms with Gasteiger partial charge in [-0.1, -0.05) is 19.1 Å². The molecule has 0 saturated heterocycles. The van der Waals surface area contributed by atoms with Crippen molar-refractivity contribution in [3.8, 4) is 0 Å². The second-order valence-electron chi connectivity index (χ2n) is 5.36. The van der Waals surface area contributed by atoms with Gasteiger partial charge in [-0.05, 0) is 37.0 Å². The molecular weight excluding hydrogens is 248 g/mol. The van der Waals surface area contributed by atoms with Gasteiger partial charge in [-0.3, -0.25) is 0 Å². The molecule has 0 unspecified atom stereocenters. The summed E-state index contributed by atoms with van der Waals surface area (Å²) in [6.07, 6.45) is 3.41. The monoisotopic (exact) mass is 268 g/mol. The quantitative estimate of drug-likeness (QED) is 0.924. The van der Waals surface area contributed by atoms with Crippen LogP contribution in [0.1, 0.15) is 37.1 Å². The van der Waals surface area contributed by atoms with Gasteiger partial charge >= 0.3 is 0 Å². The van der Waals surface area contributed by atoms with Crippen molar-refractivity contribution in [3.63, 3.8) is 0 Å². The SMILES string of the molecule is CCc1ccc(N(C)c2cc(N)nc(C3CC3)n2)cc1. The molecule has 20 heavy (non-hydrogen) atoms. The summed E-state index contributed by atoms with van der Waals surface area (Å²) in [5, 5.41) is 0. The normalized spacial score (nSPS) is 14.3. The second-order valence-corrected chi connectivity index (χ2v) is 5.36. The van der Waals surface area contributed by atoms with Gasteiger partial charge in [-0.15, -0.1) is 0 Å². The minimum Gasteiger partial charge on any atom is -0.384 e. The molecule has 0 spiro atoms. The van der Waals surface area contributed by atoms with E-state index in [0.717, 1.165) is 23.8 Å². The van der Waals surface area contributed by atoms with Crippen molar-refractivity contribution in [2.45, 2.75) is 32.1 Å².